The van der Waals surface area contributed by atoms with Crippen molar-refractivity contribution in [2.24, 2.45) is 0 Å². The molecule has 0 aliphatic heterocycles. The predicted molar refractivity (Wildman–Crippen MR) is 72.6 cm³/mol. The average molecular weight is 366 g/mol. The molecule has 0 N–H and O–H groups in total. The summed E-state index contributed by atoms with van der Waals surface area (Å²) in [6.45, 7) is 0.503. The molecule has 0 unspecified atom stereocenters. The molecule has 1 aromatic heterocycles. The van der Waals surface area contributed by atoms with E-state index in [0.717, 1.165) is 14.5 Å². The number of nitriles is 2. The third kappa shape index (κ3) is 2.45. The molecule has 18 heavy (non-hydrogen) atoms. The van der Waals surface area contributed by atoms with Crippen molar-refractivity contribution in [1.82, 2.24) is 9.55 Å². The first-order valence-corrected chi connectivity index (χ1v) is 6.53. The number of nitrogens with zero attached hydrogens (tertiary/aromatic N) is 4. The summed E-state index contributed by atoms with van der Waals surface area (Å²) >= 11 is 6.82. The molecule has 0 bridgehead atoms. The Morgan fingerprint density at radius 2 is 1.94 bits per heavy atom. The van der Waals surface area contributed by atoms with Crippen LogP contribution in [-0.2, 0) is 6.54 Å². The normalized spacial score (nSPS) is 9.78. The third-order valence-corrected chi connectivity index (χ3v) is 4.27. The first-order valence-electron chi connectivity index (χ1n) is 4.95. The summed E-state index contributed by atoms with van der Waals surface area (Å²) in [5.74, 6) is 0. The zero-order valence-electron chi connectivity index (χ0n) is 9.06. The monoisotopic (exact) mass is 364 g/mol. The van der Waals surface area contributed by atoms with Gasteiger partial charge in [0.2, 0.25) is 0 Å². The maximum atomic E-state index is 9.02. The molecule has 0 aliphatic rings. The highest BCUT2D eigenvalue weighted by atomic mass is 79.9. The van der Waals surface area contributed by atoms with Crippen LogP contribution >= 0.6 is 31.9 Å². The van der Waals surface area contributed by atoms with Crippen LogP contribution in [0.2, 0.25) is 0 Å². The second-order valence-electron chi connectivity index (χ2n) is 3.54. The number of aromatic nitrogens is 2. The Morgan fingerprint density at radius 1 is 1.17 bits per heavy atom. The summed E-state index contributed by atoms with van der Waals surface area (Å²) in [6.07, 6.45) is 1.51. The van der Waals surface area contributed by atoms with Gasteiger partial charge in [0.25, 0.3) is 0 Å². The number of benzene rings is 1. The molecular formula is C12H6Br2N4. The summed E-state index contributed by atoms with van der Waals surface area (Å²) in [5.41, 5.74) is 1.47. The molecule has 2 rings (SSSR count). The van der Waals surface area contributed by atoms with E-state index in [2.05, 4.69) is 36.8 Å². The fourth-order valence-corrected chi connectivity index (χ4v) is 2.21. The summed E-state index contributed by atoms with van der Waals surface area (Å²) in [7, 11) is 0. The molecule has 4 nitrogen and oxygen atoms in total. The molecule has 1 aromatic carbocycles. The van der Waals surface area contributed by atoms with Crippen LogP contribution in [0.5, 0.6) is 0 Å². The SMILES string of the molecule is N#Cc1ncn(Cc2ccc(Br)c(Br)c2)c1C#N. The lowest BCUT2D eigenvalue weighted by Crippen LogP contribution is -2.01. The fourth-order valence-electron chi connectivity index (χ4n) is 1.54. The molecule has 0 saturated heterocycles. The number of hydrogen-bond donors (Lipinski definition) is 0. The van der Waals surface area contributed by atoms with Gasteiger partial charge in [-0.25, -0.2) is 4.98 Å². The first-order chi connectivity index (χ1) is 8.65. The molecule has 1 heterocycles. The van der Waals surface area contributed by atoms with Crippen LogP contribution in [0.1, 0.15) is 17.0 Å². The molecule has 0 spiro atoms. The zero-order valence-corrected chi connectivity index (χ0v) is 12.2. The Morgan fingerprint density at radius 3 is 2.56 bits per heavy atom. The van der Waals surface area contributed by atoms with Gasteiger partial charge >= 0.3 is 0 Å². The molecule has 0 radical (unpaired) electrons. The average Bonchev–Trinajstić information content (AvgIpc) is 2.75. The number of imidazole rings is 1. The van der Waals surface area contributed by atoms with Gasteiger partial charge in [-0.15, -0.1) is 0 Å². The molecule has 0 atom stereocenters. The highest BCUT2D eigenvalue weighted by Crippen LogP contribution is 2.24. The van der Waals surface area contributed by atoms with E-state index in [9.17, 15) is 0 Å². The van der Waals surface area contributed by atoms with Crippen molar-refractivity contribution in [1.29, 1.82) is 10.5 Å². The molecule has 0 saturated carbocycles. The van der Waals surface area contributed by atoms with E-state index < -0.39 is 0 Å². The lowest BCUT2D eigenvalue weighted by Gasteiger charge is -2.05. The smallest absolute Gasteiger partial charge is 0.176 e. The minimum Gasteiger partial charge on any atom is -0.317 e. The minimum absolute atomic E-state index is 0.161. The van der Waals surface area contributed by atoms with E-state index in [0.29, 0.717) is 6.54 Å². The van der Waals surface area contributed by atoms with E-state index in [1.807, 2.05) is 30.3 Å². The molecule has 6 heteroatoms. The van der Waals surface area contributed by atoms with E-state index in [4.69, 9.17) is 10.5 Å². The Hall–Kier alpha value is -1.63. The zero-order chi connectivity index (χ0) is 13.1. The topological polar surface area (TPSA) is 65.4 Å². The summed E-state index contributed by atoms with van der Waals surface area (Å²) < 4.78 is 3.57. The van der Waals surface area contributed by atoms with Crippen molar-refractivity contribution < 1.29 is 0 Å². The molecule has 0 aliphatic carbocycles. The Kier molecular flexibility index (Phi) is 3.81. The van der Waals surface area contributed by atoms with Gasteiger partial charge in [0.15, 0.2) is 11.4 Å². The standard InChI is InChI=1S/C12H6Br2N4/c13-9-2-1-8(3-10(9)14)6-18-7-17-11(4-15)12(18)5-16/h1-3,7H,6H2. The summed E-state index contributed by atoms with van der Waals surface area (Å²) in [5, 5.41) is 17.8. The molecular weight excluding hydrogens is 360 g/mol. The number of halogens is 2. The van der Waals surface area contributed by atoms with Crippen molar-refractivity contribution >= 4 is 31.9 Å². The fraction of sp³-hybridized carbons (Fsp3) is 0.0833. The van der Waals surface area contributed by atoms with Crippen molar-refractivity contribution in [3.8, 4) is 12.1 Å². The Balaban J connectivity index is 2.35. The third-order valence-electron chi connectivity index (χ3n) is 2.39. The molecule has 0 amide bonds. The Labute approximate surface area is 121 Å². The maximum Gasteiger partial charge on any atom is 0.176 e. The summed E-state index contributed by atoms with van der Waals surface area (Å²) in [4.78, 5) is 3.90. The minimum atomic E-state index is 0.161. The maximum absolute atomic E-state index is 9.02. The molecule has 88 valence electrons. The van der Waals surface area contributed by atoms with Crippen LogP contribution in [0, 0.1) is 22.7 Å². The van der Waals surface area contributed by atoms with Crippen molar-refractivity contribution in [2.75, 3.05) is 0 Å². The highest BCUT2D eigenvalue weighted by molar-refractivity contribution is 9.13. The van der Waals surface area contributed by atoms with Crippen LogP contribution in [0.25, 0.3) is 0 Å². The molecule has 2 aromatic rings. The van der Waals surface area contributed by atoms with E-state index in [-0.39, 0.29) is 11.4 Å². The lowest BCUT2D eigenvalue weighted by molar-refractivity contribution is 0.785. The Bertz CT molecular complexity index is 676. The van der Waals surface area contributed by atoms with Crippen LogP contribution in [0.15, 0.2) is 33.5 Å². The van der Waals surface area contributed by atoms with Gasteiger partial charge < -0.3 is 4.57 Å². The highest BCUT2D eigenvalue weighted by Gasteiger charge is 2.10. The van der Waals surface area contributed by atoms with E-state index >= 15 is 0 Å². The van der Waals surface area contributed by atoms with Gasteiger partial charge in [0, 0.05) is 15.5 Å². The number of rotatable bonds is 2. The van der Waals surface area contributed by atoms with E-state index in [1.54, 1.807) is 4.57 Å². The molecule has 0 fully saturated rings. The van der Waals surface area contributed by atoms with Crippen molar-refractivity contribution in [2.45, 2.75) is 6.54 Å². The van der Waals surface area contributed by atoms with Crippen LogP contribution in [0.3, 0.4) is 0 Å². The van der Waals surface area contributed by atoms with Crippen LogP contribution in [0.4, 0.5) is 0 Å². The largest absolute Gasteiger partial charge is 0.317 e. The van der Waals surface area contributed by atoms with Crippen LogP contribution in [-0.4, -0.2) is 9.55 Å². The quantitative estimate of drug-likeness (QED) is 0.820. The van der Waals surface area contributed by atoms with Gasteiger partial charge in [0.05, 0.1) is 6.33 Å². The van der Waals surface area contributed by atoms with Gasteiger partial charge in [0.1, 0.15) is 12.1 Å². The summed E-state index contributed by atoms with van der Waals surface area (Å²) in [6, 6.07) is 9.73. The van der Waals surface area contributed by atoms with Gasteiger partial charge in [-0.2, -0.15) is 10.5 Å². The van der Waals surface area contributed by atoms with Crippen LogP contribution < -0.4 is 0 Å². The van der Waals surface area contributed by atoms with Crippen molar-refractivity contribution in [3.63, 3.8) is 0 Å². The lowest BCUT2D eigenvalue weighted by atomic mass is 10.2. The van der Waals surface area contributed by atoms with Gasteiger partial charge in [-0.1, -0.05) is 6.07 Å². The second kappa shape index (κ2) is 5.34. The number of hydrogen-bond acceptors (Lipinski definition) is 3. The van der Waals surface area contributed by atoms with Gasteiger partial charge in [-0.05, 0) is 49.6 Å². The predicted octanol–water partition coefficient (Wildman–Crippen LogP) is 3.20. The second-order valence-corrected chi connectivity index (χ2v) is 5.25. The van der Waals surface area contributed by atoms with Gasteiger partial charge in [-0.3, -0.25) is 0 Å². The first kappa shape index (κ1) is 12.8. The van der Waals surface area contributed by atoms with Crippen molar-refractivity contribution in [3.05, 3.63) is 50.4 Å². The van der Waals surface area contributed by atoms with E-state index in [1.165, 1.54) is 6.33 Å².